The maximum atomic E-state index is 13.1. The number of carbonyl (C=O) groups is 1. The van der Waals surface area contributed by atoms with Gasteiger partial charge in [-0.2, -0.15) is 13.2 Å². The maximum absolute atomic E-state index is 13.1. The largest absolute Gasteiger partial charge is 0.416 e. The van der Waals surface area contributed by atoms with Crippen LogP contribution in [0.4, 0.5) is 17.6 Å². The van der Waals surface area contributed by atoms with Crippen LogP contribution < -0.4 is 10.6 Å². The highest BCUT2D eigenvalue weighted by Gasteiger charge is 2.37. The number of piperidine rings is 1. The zero-order valence-corrected chi connectivity index (χ0v) is 17.3. The third-order valence-electron chi connectivity index (χ3n) is 5.49. The minimum absolute atomic E-state index is 0.00455. The fraction of sp³-hybridized carbons (Fsp3) is 0.435. The summed E-state index contributed by atoms with van der Waals surface area (Å²) in [6.07, 6.45) is -3.13. The van der Waals surface area contributed by atoms with Crippen LogP contribution in [-0.4, -0.2) is 25.1 Å². The molecule has 2 aromatic rings. The van der Waals surface area contributed by atoms with Crippen molar-refractivity contribution in [3.63, 3.8) is 0 Å². The van der Waals surface area contributed by atoms with Crippen LogP contribution in [0.25, 0.3) is 0 Å². The van der Waals surface area contributed by atoms with Crippen LogP contribution in [-0.2, 0) is 34.5 Å². The average molecular weight is 438 g/mol. The van der Waals surface area contributed by atoms with Crippen LogP contribution in [0.1, 0.15) is 42.0 Å². The van der Waals surface area contributed by atoms with E-state index in [0.29, 0.717) is 13.0 Å². The molecule has 1 aliphatic heterocycles. The Hall–Kier alpha value is -2.45. The van der Waals surface area contributed by atoms with Crippen LogP contribution in [0.3, 0.4) is 0 Å². The van der Waals surface area contributed by atoms with Gasteiger partial charge < -0.3 is 15.4 Å². The van der Waals surface area contributed by atoms with E-state index < -0.39 is 24.0 Å². The molecule has 0 spiro atoms. The molecule has 2 atom stereocenters. The van der Waals surface area contributed by atoms with Crippen molar-refractivity contribution in [1.82, 2.24) is 10.6 Å². The second-order valence-electron chi connectivity index (χ2n) is 7.93. The molecule has 4 nitrogen and oxygen atoms in total. The number of ether oxygens (including phenoxy) is 1. The highest BCUT2D eigenvalue weighted by molar-refractivity contribution is 5.73. The van der Waals surface area contributed by atoms with E-state index in [4.69, 9.17) is 4.74 Å². The minimum Gasteiger partial charge on any atom is -0.374 e. The molecule has 1 fully saturated rings. The molecule has 2 aromatic carbocycles. The van der Waals surface area contributed by atoms with E-state index >= 15 is 0 Å². The van der Waals surface area contributed by atoms with Gasteiger partial charge in [-0.05, 0) is 41.7 Å². The van der Waals surface area contributed by atoms with Gasteiger partial charge in [0.05, 0.1) is 24.3 Å². The lowest BCUT2D eigenvalue weighted by Gasteiger charge is -2.41. The predicted octanol–water partition coefficient (Wildman–Crippen LogP) is 4.48. The molecular formula is C23H26F4N2O2. The summed E-state index contributed by atoms with van der Waals surface area (Å²) in [5.41, 5.74) is -0.156. The van der Waals surface area contributed by atoms with Crippen molar-refractivity contribution in [2.24, 2.45) is 0 Å². The first kappa shape index (κ1) is 23.2. The fourth-order valence-electron chi connectivity index (χ4n) is 3.98. The van der Waals surface area contributed by atoms with Gasteiger partial charge in [0.1, 0.15) is 6.67 Å². The molecule has 168 valence electrons. The van der Waals surface area contributed by atoms with Crippen LogP contribution in [0, 0.1) is 0 Å². The topological polar surface area (TPSA) is 50.4 Å². The Kier molecular flexibility index (Phi) is 7.33. The van der Waals surface area contributed by atoms with Crippen LogP contribution in [0.15, 0.2) is 48.5 Å². The number of rotatable bonds is 7. The molecule has 0 bridgehead atoms. The Bertz CT molecular complexity index is 879. The second-order valence-corrected chi connectivity index (χ2v) is 7.93. The van der Waals surface area contributed by atoms with Crippen molar-refractivity contribution in [1.29, 1.82) is 0 Å². The first-order chi connectivity index (χ1) is 14.7. The minimum atomic E-state index is -4.55. The molecule has 1 aliphatic rings. The van der Waals surface area contributed by atoms with Gasteiger partial charge >= 0.3 is 6.18 Å². The lowest BCUT2D eigenvalue weighted by Crippen LogP contribution is -2.56. The van der Waals surface area contributed by atoms with Crippen molar-refractivity contribution in [2.45, 2.75) is 50.8 Å². The van der Waals surface area contributed by atoms with Crippen LogP contribution >= 0.6 is 0 Å². The van der Waals surface area contributed by atoms with Gasteiger partial charge in [-0.1, -0.05) is 36.4 Å². The molecule has 1 amide bonds. The summed E-state index contributed by atoms with van der Waals surface area (Å²) in [6, 6.07) is 12.9. The molecule has 31 heavy (non-hydrogen) atoms. The number of halogens is 4. The Morgan fingerprint density at radius 3 is 2.48 bits per heavy atom. The quantitative estimate of drug-likeness (QED) is 0.627. The van der Waals surface area contributed by atoms with Gasteiger partial charge in [0.15, 0.2) is 0 Å². The SMILES string of the molecule is CC(=O)N[C@H]1CC[C@@](COCc2cc(CF)cc(C(F)(F)F)c2)(c2ccccc2)NC1. The van der Waals surface area contributed by atoms with Crippen molar-refractivity contribution in [3.8, 4) is 0 Å². The molecule has 8 heteroatoms. The summed E-state index contributed by atoms with van der Waals surface area (Å²) < 4.78 is 58.2. The van der Waals surface area contributed by atoms with Gasteiger partial charge in [-0.15, -0.1) is 0 Å². The third-order valence-corrected chi connectivity index (χ3v) is 5.49. The predicted molar refractivity (Wildman–Crippen MR) is 109 cm³/mol. The van der Waals surface area contributed by atoms with Gasteiger partial charge in [0.2, 0.25) is 5.91 Å². The summed E-state index contributed by atoms with van der Waals surface area (Å²) in [5, 5.41) is 6.37. The summed E-state index contributed by atoms with van der Waals surface area (Å²) >= 11 is 0. The van der Waals surface area contributed by atoms with E-state index in [1.54, 1.807) is 0 Å². The van der Waals surface area contributed by atoms with Gasteiger partial charge in [-0.3, -0.25) is 4.79 Å². The molecule has 0 saturated carbocycles. The molecule has 0 aliphatic carbocycles. The molecular weight excluding hydrogens is 412 g/mol. The van der Waals surface area contributed by atoms with Crippen LogP contribution in [0.2, 0.25) is 0 Å². The molecule has 0 aromatic heterocycles. The summed E-state index contributed by atoms with van der Waals surface area (Å²) in [5.74, 6) is -0.0940. The van der Waals surface area contributed by atoms with E-state index in [9.17, 15) is 22.4 Å². The summed E-state index contributed by atoms with van der Waals surface area (Å²) in [4.78, 5) is 11.4. The van der Waals surface area contributed by atoms with Crippen molar-refractivity contribution in [2.75, 3.05) is 13.2 Å². The average Bonchev–Trinajstić information content (AvgIpc) is 2.74. The number of amides is 1. The normalized spacial score (nSPS) is 21.6. The molecule has 1 heterocycles. The summed E-state index contributed by atoms with van der Waals surface area (Å²) in [7, 11) is 0. The fourth-order valence-corrected chi connectivity index (χ4v) is 3.98. The zero-order valence-electron chi connectivity index (χ0n) is 17.3. The van der Waals surface area contributed by atoms with E-state index in [0.717, 1.165) is 24.1 Å². The van der Waals surface area contributed by atoms with Crippen molar-refractivity contribution < 1.29 is 27.1 Å². The Morgan fingerprint density at radius 2 is 1.90 bits per heavy atom. The van der Waals surface area contributed by atoms with Crippen LogP contribution in [0.5, 0.6) is 0 Å². The first-order valence-electron chi connectivity index (χ1n) is 10.1. The molecule has 0 radical (unpaired) electrons. The lowest BCUT2D eigenvalue weighted by atomic mass is 9.81. The molecule has 1 saturated heterocycles. The van der Waals surface area contributed by atoms with Gasteiger partial charge in [0, 0.05) is 19.5 Å². The zero-order chi connectivity index (χ0) is 22.5. The highest BCUT2D eigenvalue weighted by Crippen LogP contribution is 2.33. The molecule has 3 rings (SSSR count). The second kappa shape index (κ2) is 9.78. The maximum Gasteiger partial charge on any atom is 0.416 e. The number of alkyl halides is 4. The first-order valence-corrected chi connectivity index (χ1v) is 10.1. The number of hydrogen-bond acceptors (Lipinski definition) is 3. The highest BCUT2D eigenvalue weighted by atomic mass is 19.4. The van der Waals surface area contributed by atoms with Crippen molar-refractivity contribution >= 4 is 5.91 Å². The van der Waals surface area contributed by atoms with E-state index in [-0.39, 0.29) is 36.3 Å². The van der Waals surface area contributed by atoms with Gasteiger partial charge in [-0.25, -0.2) is 4.39 Å². The van der Waals surface area contributed by atoms with E-state index in [2.05, 4.69) is 10.6 Å². The standard InChI is InChI=1S/C23H26F4N2O2/c1-16(30)29-21-7-8-22(28-13-21,19-5-3-2-4-6-19)15-31-14-18-9-17(12-24)10-20(11-18)23(25,26)27/h2-6,9-11,21,28H,7-8,12-15H2,1H3,(H,29,30)/t21-,22+/m0/s1. The molecule has 0 unspecified atom stereocenters. The number of carbonyl (C=O) groups excluding carboxylic acids is 1. The monoisotopic (exact) mass is 438 g/mol. The summed E-state index contributed by atoms with van der Waals surface area (Å²) in [6.45, 7) is 1.21. The Balaban J connectivity index is 1.73. The Morgan fingerprint density at radius 1 is 1.19 bits per heavy atom. The number of nitrogens with one attached hydrogen (secondary N) is 2. The number of benzene rings is 2. The number of hydrogen-bond donors (Lipinski definition) is 2. The smallest absolute Gasteiger partial charge is 0.374 e. The van der Waals surface area contributed by atoms with Gasteiger partial charge in [0.25, 0.3) is 0 Å². The molecule has 2 N–H and O–H groups in total. The van der Waals surface area contributed by atoms with E-state index in [1.165, 1.54) is 13.0 Å². The lowest BCUT2D eigenvalue weighted by molar-refractivity contribution is -0.137. The third kappa shape index (κ3) is 6.04. The van der Waals surface area contributed by atoms with E-state index in [1.807, 2.05) is 30.3 Å². The Labute approximate surface area is 179 Å². The van der Waals surface area contributed by atoms with Crippen molar-refractivity contribution in [3.05, 3.63) is 70.8 Å².